The number of rotatable bonds is 4. The molecule has 2 N–H and O–H groups in total. The Morgan fingerprint density at radius 2 is 2.00 bits per heavy atom. The summed E-state index contributed by atoms with van der Waals surface area (Å²) in [7, 11) is -0.941. The van der Waals surface area contributed by atoms with Crippen LogP contribution in [0.3, 0.4) is 0 Å². The first-order valence-corrected chi connectivity index (χ1v) is 6.16. The van der Waals surface area contributed by atoms with E-state index in [1.54, 1.807) is 6.07 Å². The quantitative estimate of drug-likeness (QED) is 0.777. The van der Waals surface area contributed by atoms with E-state index in [4.69, 9.17) is 5.73 Å². The zero-order valence-corrected chi connectivity index (χ0v) is 9.51. The molecule has 1 aromatic rings. The van der Waals surface area contributed by atoms with E-state index in [9.17, 15) is 4.21 Å². The fourth-order valence-electron chi connectivity index (χ4n) is 1.14. The van der Waals surface area contributed by atoms with Crippen LogP contribution in [0.4, 0.5) is 5.69 Å². The smallest absolute Gasteiger partial charge is 0.0617 e. The Balaban J connectivity index is 2.65. The van der Waals surface area contributed by atoms with Gasteiger partial charge in [-0.25, -0.2) is 0 Å². The number of nitrogens with two attached hydrogens (primary N) is 1. The van der Waals surface area contributed by atoms with E-state index >= 15 is 0 Å². The van der Waals surface area contributed by atoms with E-state index in [1.807, 2.05) is 18.2 Å². The fourth-order valence-corrected chi connectivity index (χ4v) is 2.61. The van der Waals surface area contributed by atoms with Gasteiger partial charge in [0, 0.05) is 11.4 Å². The molecule has 0 aliphatic rings. The molecule has 1 aromatic carbocycles. The third kappa shape index (κ3) is 3.14. The number of hydrogen-bond acceptors (Lipinski definition) is 2. The lowest BCUT2D eigenvalue weighted by Gasteiger charge is -2.06. The Hall–Kier alpha value is -0.830. The van der Waals surface area contributed by atoms with Crippen LogP contribution in [0.15, 0.2) is 29.2 Å². The van der Waals surface area contributed by atoms with Crippen LogP contribution in [0, 0.1) is 5.92 Å². The molecular weight excluding hydrogens is 194 g/mol. The van der Waals surface area contributed by atoms with Gasteiger partial charge in [-0.15, -0.1) is 0 Å². The van der Waals surface area contributed by atoms with Crippen LogP contribution in [0.5, 0.6) is 0 Å². The SMILES string of the molecule is CC(C)CCS(=O)c1ccccc1N. The molecular formula is C11H17NOS. The largest absolute Gasteiger partial charge is 0.398 e. The Morgan fingerprint density at radius 1 is 1.36 bits per heavy atom. The van der Waals surface area contributed by atoms with Crippen LogP contribution in [-0.2, 0) is 10.8 Å². The summed E-state index contributed by atoms with van der Waals surface area (Å²) in [5, 5.41) is 0. The highest BCUT2D eigenvalue weighted by Crippen LogP contribution is 2.16. The van der Waals surface area contributed by atoms with Crippen LogP contribution in [0.1, 0.15) is 20.3 Å². The molecule has 0 radical (unpaired) electrons. The molecule has 0 aliphatic heterocycles. The first-order chi connectivity index (χ1) is 6.61. The van der Waals surface area contributed by atoms with Crippen molar-refractivity contribution in [2.24, 2.45) is 5.92 Å². The van der Waals surface area contributed by atoms with Gasteiger partial charge in [0.15, 0.2) is 0 Å². The molecule has 2 nitrogen and oxygen atoms in total. The fraction of sp³-hybridized carbons (Fsp3) is 0.455. The first-order valence-electron chi connectivity index (χ1n) is 4.84. The Labute approximate surface area is 88.0 Å². The molecule has 1 atom stereocenters. The number of anilines is 1. The zero-order valence-electron chi connectivity index (χ0n) is 8.69. The second-order valence-electron chi connectivity index (χ2n) is 3.77. The maximum Gasteiger partial charge on any atom is 0.0617 e. The van der Waals surface area contributed by atoms with Crippen molar-refractivity contribution in [3.63, 3.8) is 0 Å². The lowest BCUT2D eigenvalue weighted by Crippen LogP contribution is -2.04. The molecule has 78 valence electrons. The maximum absolute atomic E-state index is 11.8. The minimum absolute atomic E-state index is 0.587. The molecule has 3 heteroatoms. The minimum atomic E-state index is -0.941. The Bertz CT molecular complexity index is 323. The van der Waals surface area contributed by atoms with Crippen molar-refractivity contribution in [3.8, 4) is 0 Å². The van der Waals surface area contributed by atoms with Crippen LogP contribution in [-0.4, -0.2) is 9.96 Å². The summed E-state index contributed by atoms with van der Waals surface area (Å²) in [5.74, 6) is 1.29. The summed E-state index contributed by atoms with van der Waals surface area (Å²) in [6.07, 6.45) is 0.973. The number of benzene rings is 1. The van der Waals surface area contributed by atoms with Gasteiger partial charge >= 0.3 is 0 Å². The molecule has 0 spiro atoms. The van der Waals surface area contributed by atoms with Crippen molar-refractivity contribution in [1.82, 2.24) is 0 Å². The van der Waals surface area contributed by atoms with Crippen LogP contribution in [0.2, 0.25) is 0 Å². The third-order valence-corrected chi connectivity index (χ3v) is 3.51. The van der Waals surface area contributed by atoms with Crippen molar-refractivity contribution in [2.75, 3.05) is 11.5 Å². The Kier molecular flexibility index (Phi) is 4.14. The van der Waals surface area contributed by atoms with Crippen molar-refractivity contribution >= 4 is 16.5 Å². The van der Waals surface area contributed by atoms with E-state index in [-0.39, 0.29) is 0 Å². The lowest BCUT2D eigenvalue weighted by atomic mass is 10.2. The monoisotopic (exact) mass is 211 g/mol. The van der Waals surface area contributed by atoms with E-state index in [2.05, 4.69) is 13.8 Å². The topological polar surface area (TPSA) is 43.1 Å². The van der Waals surface area contributed by atoms with Gasteiger partial charge in [-0.2, -0.15) is 0 Å². The molecule has 0 saturated carbocycles. The normalized spacial score (nSPS) is 13.1. The highest BCUT2D eigenvalue weighted by molar-refractivity contribution is 7.85. The van der Waals surface area contributed by atoms with Crippen molar-refractivity contribution < 1.29 is 4.21 Å². The molecule has 1 unspecified atom stereocenters. The second-order valence-corrected chi connectivity index (χ2v) is 5.31. The molecule has 0 heterocycles. The first kappa shape index (κ1) is 11.2. The van der Waals surface area contributed by atoms with Gasteiger partial charge in [-0.05, 0) is 24.5 Å². The van der Waals surface area contributed by atoms with Gasteiger partial charge in [-0.3, -0.25) is 4.21 Å². The minimum Gasteiger partial charge on any atom is -0.398 e. The molecule has 14 heavy (non-hydrogen) atoms. The average Bonchev–Trinajstić information content (AvgIpc) is 2.15. The summed E-state index contributed by atoms with van der Waals surface area (Å²) in [6, 6.07) is 7.37. The van der Waals surface area contributed by atoms with Crippen LogP contribution < -0.4 is 5.73 Å². The highest BCUT2D eigenvalue weighted by Gasteiger charge is 2.07. The van der Waals surface area contributed by atoms with Gasteiger partial charge in [0.1, 0.15) is 0 Å². The summed E-state index contributed by atoms with van der Waals surface area (Å²) >= 11 is 0. The lowest BCUT2D eigenvalue weighted by molar-refractivity contribution is 0.619. The predicted molar refractivity (Wildman–Crippen MR) is 61.6 cm³/mol. The van der Waals surface area contributed by atoms with E-state index in [0.717, 1.165) is 11.3 Å². The standard InChI is InChI=1S/C11H17NOS/c1-9(2)7-8-14(13)11-6-4-3-5-10(11)12/h3-6,9H,7-8,12H2,1-2H3. The van der Waals surface area contributed by atoms with Crippen molar-refractivity contribution in [2.45, 2.75) is 25.2 Å². The van der Waals surface area contributed by atoms with E-state index in [1.165, 1.54) is 0 Å². The van der Waals surface area contributed by atoms with Gasteiger partial charge < -0.3 is 5.73 Å². The molecule has 0 bridgehead atoms. The highest BCUT2D eigenvalue weighted by atomic mass is 32.2. The van der Waals surface area contributed by atoms with Crippen molar-refractivity contribution in [1.29, 1.82) is 0 Å². The molecule has 0 aromatic heterocycles. The maximum atomic E-state index is 11.8. The van der Waals surface area contributed by atoms with Crippen molar-refractivity contribution in [3.05, 3.63) is 24.3 Å². The van der Waals surface area contributed by atoms with E-state index in [0.29, 0.717) is 17.4 Å². The number of hydrogen-bond donors (Lipinski definition) is 1. The Morgan fingerprint density at radius 3 is 2.57 bits per heavy atom. The zero-order chi connectivity index (χ0) is 10.6. The summed E-state index contributed by atoms with van der Waals surface area (Å²) in [6.45, 7) is 4.26. The molecule has 0 fully saturated rings. The number of nitrogen functional groups attached to an aromatic ring is 1. The summed E-state index contributed by atoms with van der Waals surface area (Å²) < 4.78 is 11.8. The number of para-hydroxylation sites is 1. The van der Waals surface area contributed by atoms with Crippen LogP contribution >= 0.6 is 0 Å². The van der Waals surface area contributed by atoms with Crippen LogP contribution in [0.25, 0.3) is 0 Å². The predicted octanol–water partition coefficient (Wildman–Crippen LogP) is 2.42. The van der Waals surface area contributed by atoms with Gasteiger partial charge in [-0.1, -0.05) is 26.0 Å². The van der Waals surface area contributed by atoms with Gasteiger partial charge in [0.2, 0.25) is 0 Å². The van der Waals surface area contributed by atoms with Gasteiger partial charge in [0.25, 0.3) is 0 Å². The van der Waals surface area contributed by atoms with E-state index < -0.39 is 10.8 Å². The molecule has 0 aliphatic carbocycles. The summed E-state index contributed by atoms with van der Waals surface area (Å²) in [5.41, 5.74) is 6.37. The average molecular weight is 211 g/mol. The molecule has 1 rings (SSSR count). The van der Waals surface area contributed by atoms with Gasteiger partial charge in [0.05, 0.1) is 15.7 Å². The second kappa shape index (κ2) is 5.15. The third-order valence-electron chi connectivity index (χ3n) is 2.04. The summed E-state index contributed by atoms with van der Waals surface area (Å²) in [4.78, 5) is 0.771. The molecule has 0 saturated heterocycles. The molecule has 0 amide bonds.